The summed E-state index contributed by atoms with van der Waals surface area (Å²) in [5, 5.41) is 2.75. The number of nitrogens with zero attached hydrogens (tertiary/aromatic N) is 2. The van der Waals surface area contributed by atoms with Crippen molar-refractivity contribution in [2.45, 2.75) is 26.7 Å². The van der Waals surface area contributed by atoms with E-state index in [0.29, 0.717) is 30.8 Å². The number of ether oxygens (including phenoxy) is 1. The van der Waals surface area contributed by atoms with Gasteiger partial charge in [-0.3, -0.25) is 14.7 Å². The Kier molecular flexibility index (Phi) is 8.66. The zero-order valence-electron chi connectivity index (χ0n) is 20.4. The number of anilines is 1. The second-order valence-electron chi connectivity index (χ2n) is 8.18. The fourth-order valence-electron chi connectivity index (χ4n) is 3.65. The fourth-order valence-corrected chi connectivity index (χ4v) is 4.59. The summed E-state index contributed by atoms with van der Waals surface area (Å²) in [7, 11) is 0. The third-order valence-electron chi connectivity index (χ3n) is 5.70. The summed E-state index contributed by atoms with van der Waals surface area (Å²) in [5.41, 5.74) is 2.23. The topological polar surface area (TPSA) is 54.5 Å². The van der Waals surface area contributed by atoms with E-state index in [-0.39, 0.29) is 11.7 Å². The summed E-state index contributed by atoms with van der Waals surface area (Å²) < 4.78 is 21.5. The first-order valence-corrected chi connectivity index (χ1v) is 12.8. The number of hydrogen-bond acceptors (Lipinski definition) is 5. The molecule has 0 radical (unpaired) electrons. The number of aromatic nitrogens is 1. The number of fused-ring (bicyclic) bond motifs is 1. The number of carbonyl (C=O) groups is 1. The summed E-state index contributed by atoms with van der Waals surface area (Å²) in [6.45, 7) is 6.85. The minimum atomic E-state index is -0.559. The van der Waals surface area contributed by atoms with E-state index in [2.05, 4.69) is 40.9 Å². The Balaban J connectivity index is 1.42. The normalized spacial score (nSPS) is 10.8. The molecule has 0 saturated carbocycles. The summed E-state index contributed by atoms with van der Waals surface area (Å²) in [4.78, 5) is 19.8. The first kappa shape index (κ1) is 25.4. The van der Waals surface area contributed by atoms with E-state index in [9.17, 15) is 9.18 Å². The maximum absolute atomic E-state index is 14.8. The van der Waals surface area contributed by atoms with Gasteiger partial charge in [-0.2, -0.15) is 0 Å². The van der Waals surface area contributed by atoms with Crippen molar-refractivity contribution in [2.24, 2.45) is 0 Å². The van der Waals surface area contributed by atoms with Crippen molar-refractivity contribution in [2.75, 3.05) is 25.0 Å². The molecule has 0 saturated heterocycles. The fraction of sp³-hybridized carbons (Fsp3) is 0.241. The van der Waals surface area contributed by atoms with Crippen LogP contribution in [-0.2, 0) is 11.2 Å². The average Bonchev–Trinajstić information content (AvgIpc) is 3.31. The first-order chi connectivity index (χ1) is 17.6. The minimum Gasteiger partial charge on any atom is -0.453 e. The van der Waals surface area contributed by atoms with Gasteiger partial charge in [0.15, 0.2) is 11.6 Å². The Labute approximate surface area is 214 Å². The van der Waals surface area contributed by atoms with E-state index in [1.807, 2.05) is 36.4 Å². The van der Waals surface area contributed by atoms with Gasteiger partial charge in [-0.15, -0.1) is 11.3 Å². The number of nitrogens with one attached hydrogen (secondary N) is 1. The Morgan fingerprint density at radius 3 is 2.64 bits per heavy atom. The molecule has 0 aliphatic heterocycles. The van der Waals surface area contributed by atoms with Crippen molar-refractivity contribution in [3.8, 4) is 23.3 Å². The molecule has 1 N–H and O–H groups in total. The van der Waals surface area contributed by atoms with Crippen molar-refractivity contribution in [1.82, 2.24) is 9.88 Å². The largest absolute Gasteiger partial charge is 0.453 e. The van der Waals surface area contributed by atoms with E-state index < -0.39 is 5.82 Å². The third-order valence-corrected chi connectivity index (χ3v) is 6.76. The standard InChI is InChI=1S/C29H28FN3O2S/c1-3-33(4-2)18-8-11-23-20-25-29(36-23)27(16-17-31-25)35-26-14-13-22(19-24(26)30)32-28(34)15-12-21-9-6-5-7-10-21/h5-7,9-10,13-14,16-17,19-20H,3-4,12,15,18H2,1-2H3,(H,32,34). The zero-order valence-corrected chi connectivity index (χ0v) is 21.2. The third kappa shape index (κ3) is 6.69. The molecule has 0 unspecified atom stereocenters. The quantitative estimate of drug-likeness (QED) is 0.266. The summed E-state index contributed by atoms with van der Waals surface area (Å²) >= 11 is 1.47. The van der Waals surface area contributed by atoms with Gasteiger partial charge in [0.05, 0.1) is 21.6 Å². The van der Waals surface area contributed by atoms with Crippen molar-refractivity contribution in [3.05, 3.63) is 83.1 Å². The van der Waals surface area contributed by atoms with E-state index in [4.69, 9.17) is 4.74 Å². The highest BCUT2D eigenvalue weighted by atomic mass is 32.1. The second kappa shape index (κ2) is 12.3. The van der Waals surface area contributed by atoms with Gasteiger partial charge < -0.3 is 10.1 Å². The van der Waals surface area contributed by atoms with Crippen LogP contribution >= 0.6 is 11.3 Å². The number of aryl methyl sites for hydroxylation is 1. The van der Waals surface area contributed by atoms with Crippen LogP contribution in [0.1, 0.15) is 30.7 Å². The van der Waals surface area contributed by atoms with Crippen LogP contribution in [0.4, 0.5) is 10.1 Å². The predicted octanol–water partition coefficient (Wildman–Crippen LogP) is 6.49. The molecule has 2 aromatic carbocycles. The van der Waals surface area contributed by atoms with Gasteiger partial charge in [-0.25, -0.2) is 4.39 Å². The van der Waals surface area contributed by atoms with Crippen molar-refractivity contribution in [3.63, 3.8) is 0 Å². The minimum absolute atomic E-state index is 0.0763. The number of halogens is 1. The van der Waals surface area contributed by atoms with Gasteiger partial charge >= 0.3 is 0 Å². The van der Waals surface area contributed by atoms with Crippen LogP contribution in [0.3, 0.4) is 0 Å². The summed E-state index contributed by atoms with van der Waals surface area (Å²) in [5.74, 6) is 6.27. The molecule has 2 aromatic heterocycles. The lowest BCUT2D eigenvalue weighted by atomic mass is 10.1. The number of rotatable bonds is 9. The molecule has 7 heteroatoms. The number of amides is 1. The molecule has 184 valence electrons. The van der Waals surface area contributed by atoms with E-state index in [0.717, 1.165) is 33.7 Å². The molecule has 1 amide bonds. The van der Waals surface area contributed by atoms with Gasteiger partial charge in [0.25, 0.3) is 0 Å². The van der Waals surface area contributed by atoms with Gasteiger partial charge in [-0.05, 0) is 43.3 Å². The molecule has 0 aliphatic carbocycles. The molecule has 0 aliphatic rings. The number of carbonyl (C=O) groups excluding carboxylic acids is 1. The lowest BCUT2D eigenvalue weighted by Gasteiger charge is -2.12. The van der Waals surface area contributed by atoms with Crippen LogP contribution in [0.25, 0.3) is 10.2 Å². The Morgan fingerprint density at radius 2 is 1.89 bits per heavy atom. The molecule has 4 aromatic rings. The number of hydrogen-bond donors (Lipinski definition) is 1. The number of pyridine rings is 1. The molecule has 5 nitrogen and oxygen atoms in total. The average molecular weight is 502 g/mol. The van der Waals surface area contributed by atoms with Gasteiger partial charge in [0, 0.05) is 30.4 Å². The molecule has 0 atom stereocenters. The smallest absolute Gasteiger partial charge is 0.224 e. The van der Waals surface area contributed by atoms with Crippen LogP contribution in [0.15, 0.2) is 66.9 Å². The highest BCUT2D eigenvalue weighted by molar-refractivity contribution is 7.19. The van der Waals surface area contributed by atoms with Crippen LogP contribution in [0, 0.1) is 17.7 Å². The first-order valence-electron chi connectivity index (χ1n) is 12.0. The van der Waals surface area contributed by atoms with Crippen LogP contribution < -0.4 is 10.1 Å². The zero-order chi connectivity index (χ0) is 25.3. The lowest BCUT2D eigenvalue weighted by Crippen LogP contribution is -2.22. The van der Waals surface area contributed by atoms with E-state index >= 15 is 0 Å². The molecular weight excluding hydrogens is 473 g/mol. The molecule has 0 fully saturated rings. The molecule has 36 heavy (non-hydrogen) atoms. The maximum Gasteiger partial charge on any atom is 0.224 e. The Bertz CT molecular complexity index is 1390. The van der Waals surface area contributed by atoms with Gasteiger partial charge in [0.1, 0.15) is 5.75 Å². The van der Waals surface area contributed by atoms with Crippen molar-refractivity contribution < 1.29 is 13.9 Å². The SMILES string of the molecule is CCN(CC)CC#Cc1cc2nccc(Oc3ccc(NC(=O)CCc4ccccc4)cc3F)c2s1. The van der Waals surface area contributed by atoms with Crippen LogP contribution in [-0.4, -0.2) is 35.4 Å². The molecule has 2 heterocycles. The van der Waals surface area contributed by atoms with Crippen molar-refractivity contribution in [1.29, 1.82) is 0 Å². The highest BCUT2D eigenvalue weighted by Crippen LogP contribution is 2.35. The highest BCUT2D eigenvalue weighted by Gasteiger charge is 2.13. The molecule has 0 bridgehead atoms. The second-order valence-corrected chi connectivity index (χ2v) is 9.23. The molecular formula is C29H28FN3O2S. The summed E-state index contributed by atoms with van der Waals surface area (Å²) in [6.07, 6.45) is 2.57. The monoisotopic (exact) mass is 501 g/mol. The van der Waals surface area contributed by atoms with E-state index in [1.165, 1.54) is 23.5 Å². The van der Waals surface area contributed by atoms with E-state index in [1.54, 1.807) is 18.3 Å². The number of benzene rings is 2. The van der Waals surface area contributed by atoms with Crippen molar-refractivity contribution >= 4 is 33.1 Å². The molecule has 4 rings (SSSR count). The summed E-state index contributed by atoms with van der Waals surface area (Å²) in [6, 6.07) is 17.8. The molecule has 0 spiro atoms. The Hall–Kier alpha value is -3.73. The Morgan fingerprint density at radius 1 is 1.08 bits per heavy atom. The lowest BCUT2D eigenvalue weighted by molar-refractivity contribution is -0.116. The number of thiophene rings is 1. The van der Waals surface area contributed by atoms with Crippen LogP contribution in [0.2, 0.25) is 0 Å². The van der Waals surface area contributed by atoms with Crippen LogP contribution in [0.5, 0.6) is 11.5 Å². The maximum atomic E-state index is 14.8. The van der Waals surface area contributed by atoms with Gasteiger partial charge in [0.2, 0.25) is 5.91 Å². The van der Waals surface area contributed by atoms with Gasteiger partial charge in [-0.1, -0.05) is 56.0 Å². The predicted molar refractivity (Wildman–Crippen MR) is 144 cm³/mol.